The highest BCUT2D eigenvalue weighted by Crippen LogP contribution is 2.39. The molecule has 0 radical (unpaired) electrons. The molecule has 5 nitrogen and oxygen atoms in total. The highest BCUT2D eigenvalue weighted by molar-refractivity contribution is 7.89. The second-order valence-electron chi connectivity index (χ2n) is 5.60. The number of benzene rings is 1. The summed E-state index contributed by atoms with van der Waals surface area (Å²) in [6.45, 7) is 0.0775. The van der Waals surface area contributed by atoms with Crippen molar-refractivity contribution < 1.29 is 22.7 Å². The third-order valence-corrected chi connectivity index (χ3v) is 5.59. The fourth-order valence-corrected chi connectivity index (χ4v) is 4.32. The van der Waals surface area contributed by atoms with Gasteiger partial charge in [-0.3, -0.25) is 0 Å². The molecule has 116 valence electrons. The third-order valence-electron chi connectivity index (χ3n) is 4.02. The molecule has 0 amide bonds. The van der Waals surface area contributed by atoms with E-state index >= 15 is 0 Å². The van der Waals surface area contributed by atoms with Gasteiger partial charge in [0.1, 0.15) is 5.82 Å². The summed E-state index contributed by atoms with van der Waals surface area (Å²) >= 11 is 0. The molecule has 2 aliphatic rings. The lowest BCUT2D eigenvalue weighted by Gasteiger charge is -2.20. The van der Waals surface area contributed by atoms with E-state index in [1.807, 2.05) is 0 Å². The minimum Gasteiger partial charge on any atom is -0.392 e. The van der Waals surface area contributed by atoms with Crippen molar-refractivity contribution >= 4 is 10.0 Å². The molecule has 0 bridgehead atoms. The van der Waals surface area contributed by atoms with Crippen LogP contribution in [0.1, 0.15) is 24.8 Å². The van der Waals surface area contributed by atoms with Crippen molar-refractivity contribution in [2.45, 2.75) is 42.9 Å². The first-order valence-corrected chi connectivity index (χ1v) is 8.53. The molecule has 1 aromatic carbocycles. The van der Waals surface area contributed by atoms with Gasteiger partial charge in [-0.2, -0.15) is 0 Å². The molecule has 2 N–H and O–H groups in total. The molecule has 1 saturated heterocycles. The lowest BCUT2D eigenvalue weighted by molar-refractivity contribution is 0.0848. The molecule has 1 aromatic rings. The number of hydrogen-bond donors (Lipinski definition) is 2. The molecule has 3 rings (SSSR count). The molecule has 0 aromatic heterocycles. The minimum atomic E-state index is -3.88. The first-order valence-electron chi connectivity index (χ1n) is 7.04. The third kappa shape index (κ3) is 3.11. The van der Waals surface area contributed by atoms with Crippen LogP contribution in [0.15, 0.2) is 23.1 Å². The first kappa shape index (κ1) is 14.9. The molecule has 21 heavy (non-hydrogen) atoms. The van der Waals surface area contributed by atoms with Crippen molar-refractivity contribution in [2.75, 3.05) is 6.61 Å². The Morgan fingerprint density at radius 3 is 2.76 bits per heavy atom. The van der Waals surface area contributed by atoms with E-state index in [4.69, 9.17) is 4.74 Å². The Kier molecular flexibility index (Phi) is 4.00. The number of aliphatic hydroxyl groups is 1. The lowest BCUT2D eigenvalue weighted by atomic mass is 10.1. The zero-order valence-corrected chi connectivity index (χ0v) is 12.3. The summed E-state index contributed by atoms with van der Waals surface area (Å²) in [6.07, 6.45) is 2.64. The van der Waals surface area contributed by atoms with E-state index in [0.717, 1.165) is 25.0 Å². The number of halogens is 1. The molecule has 0 spiro atoms. The van der Waals surface area contributed by atoms with Gasteiger partial charge in [-0.25, -0.2) is 17.5 Å². The number of aliphatic hydroxyl groups excluding tert-OH is 1. The molecular formula is C14H18FNO4S. The van der Waals surface area contributed by atoms with Gasteiger partial charge in [0.25, 0.3) is 0 Å². The van der Waals surface area contributed by atoms with Crippen LogP contribution in [-0.4, -0.2) is 32.3 Å². The minimum absolute atomic E-state index is 0.0917. The summed E-state index contributed by atoms with van der Waals surface area (Å²) in [5, 5.41) is 9.24. The van der Waals surface area contributed by atoms with Crippen LogP contribution in [0.25, 0.3) is 0 Å². The van der Waals surface area contributed by atoms with Crippen molar-refractivity contribution in [3.63, 3.8) is 0 Å². The smallest absolute Gasteiger partial charge is 0.241 e. The Bertz CT molecular complexity index is 630. The van der Waals surface area contributed by atoms with Crippen molar-refractivity contribution in [1.29, 1.82) is 0 Å². The Labute approximate surface area is 123 Å². The molecule has 1 heterocycles. The van der Waals surface area contributed by atoms with Gasteiger partial charge < -0.3 is 9.84 Å². The molecule has 2 fully saturated rings. The summed E-state index contributed by atoms with van der Waals surface area (Å²) < 4.78 is 46.5. The fourth-order valence-electron chi connectivity index (χ4n) is 2.80. The van der Waals surface area contributed by atoms with Crippen molar-refractivity contribution in [3.8, 4) is 0 Å². The topological polar surface area (TPSA) is 75.6 Å². The number of hydrogen-bond acceptors (Lipinski definition) is 4. The SMILES string of the molecule is O=S(=O)(NC1CCOC1C1CC1)c1cc(F)ccc1CO. The van der Waals surface area contributed by atoms with E-state index in [9.17, 15) is 17.9 Å². The van der Waals surface area contributed by atoms with Crippen molar-refractivity contribution in [2.24, 2.45) is 5.92 Å². The van der Waals surface area contributed by atoms with Gasteiger partial charge in [0, 0.05) is 6.61 Å². The van der Waals surface area contributed by atoms with E-state index in [1.165, 1.54) is 6.07 Å². The summed E-state index contributed by atoms with van der Waals surface area (Å²) in [5.41, 5.74) is 0.186. The van der Waals surface area contributed by atoms with Gasteiger partial charge >= 0.3 is 0 Å². The van der Waals surface area contributed by atoms with Crippen LogP contribution in [0.3, 0.4) is 0 Å². The summed E-state index contributed by atoms with van der Waals surface area (Å²) in [6, 6.07) is 3.08. The number of rotatable bonds is 5. The summed E-state index contributed by atoms with van der Waals surface area (Å²) in [4.78, 5) is -0.202. The normalized spacial score (nSPS) is 26.2. The molecule has 7 heteroatoms. The predicted octanol–water partition coefficient (Wildman–Crippen LogP) is 1.16. The van der Waals surface area contributed by atoms with E-state index in [0.29, 0.717) is 18.9 Å². The van der Waals surface area contributed by atoms with Gasteiger partial charge in [-0.1, -0.05) is 6.07 Å². The zero-order chi connectivity index (χ0) is 15.0. The average molecular weight is 315 g/mol. The van der Waals surface area contributed by atoms with E-state index < -0.39 is 22.4 Å². The van der Waals surface area contributed by atoms with E-state index in [2.05, 4.69) is 4.72 Å². The molecule has 1 saturated carbocycles. The van der Waals surface area contributed by atoms with Gasteiger partial charge in [0.15, 0.2) is 0 Å². The van der Waals surface area contributed by atoms with Crippen LogP contribution in [0.2, 0.25) is 0 Å². The Morgan fingerprint density at radius 2 is 2.10 bits per heavy atom. The highest BCUT2D eigenvalue weighted by Gasteiger charge is 2.42. The van der Waals surface area contributed by atoms with Crippen molar-refractivity contribution in [1.82, 2.24) is 4.72 Å². The highest BCUT2D eigenvalue weighted by atomic mass is 32.2. The van der Waals surface area contributed by atoms with Gasteiger partial charge in [-0.05, 0) is 42.9 Å². The molecule has 2 atom stereocenters. The summed E-state index contributed by atoms with van der Waals surface area (Å²) in [7, 11) is -3.88. The second kappa shape index (κ2) is 5.64. The maximum Gasteiger partial charge on any atom is 0.241 e. The molecular weight excluding hydrogens is 297 g/mol. The van der Waals surface area contributed by atoms with Crippen LogP contribution < -0.4 is 4.72 Å². The Morgan fingerprint density at radius 1 is 1.33 bits per heavy atom. The van der Waals surface area contributed by atoms with Gasteiger partial charge in [0.05, 0.1) is 23.6 Å². The molecule has 2 unspecified atom stereocenters. The largest absolute Gasteiger partial charge is 0.392 e. The monoisotopic (exact) mass is 315 g/mol. The Balaban J connectivity index is 1.85. The fraction of sp³-hybridized carbons (Fsp3) is 0.571. The zero-order valence-electron chi connectivity index (χ0n) is 11.5. The molecule has 1 aliphatic heterocycles. The predicted molar refractivity (Wildman–Crippen MR) is 73.5 cm³/mol. The number of ether oxygens (including phenoxy) is 1. The average Bonchev–Trinajstić information content (AvgIpc) is 3.19. The molecule has 1 aliphatic carbocycles. The quantitative estimate of drug-likeness (QED) is 0.855. The maximum absolute atomic E-state index is 13.3. The van der Waals surface area contributed by atoms with Crippen molar-refractivity contribution in [3.05, 3.63) is 29.6 Å². The van der Waals surface area contributed by atoms with Crippen LogP contribution in [0.4, 0.5) is 4.39 Å². The standard InChI is InChI=1S/C14H18FNO4S/c15-11-4-3-10(8-17)13(7-11)21(18,19)16-12-5-6-20-14(12)9-1-2-9/h3-4,7,9,12,14,16-17H,1-2,5-6,8H2. The van der Waals surface area contributed by atoms with Crippen LogP contribution in [0.5, 0.6) is 0 Å². The Hall–Kier alpha value is -1.02. The van der Waals surface area contributed by atoms with Gasteiger partial charge in [-0.15, -0.1) is 0 Å². The second-order valence-corrected chi connectivity index (χ2v) is 7.28. The van der Waals surface area contributed by atoms with E-state index in [1.54, 1.807) is 0 Å². The summed E-state index contributed by atoms with van der Waals surface area (Å²) in [5.74, 6) is -0.223. The number of sulfonamides is 1. The van der Waals surface area contributed by atoms with Crippen LogP contribution in [0, 0.1) is 11.7 Å². The number of nitrogens with one attached hydrogen (secondary N) is 1. The first-order chi connectivity index (χ1) is 10.0. The van der Waals surface area contributed by atoms with Crippen LogP contribution >= 0.6 is 0 Å². The van der Waals surface area contributed by atoms with Gasteiger partial charge in [0.2, 0.25) is 10.0 Å². The maximum atomic E-state index is 13.3. The van der Waals surface area contributed by atoms with Crippen LogP contribution in [-0.2, 0) is 21.4 Å². The van der Waals surface area contributed by atoms with E-state index in [-0.39, 0.29) is 22.6 Å². The lowest BCUT2D eigenvalue weighted by Crippen LogP contribution is -2.41.